The molecular weight excluding hydrogens is 224 g/mol. The van der Waals surface area contributed by atoms with E-state index in [0.29, 0.717) is 0 Å². The smallest absolute Gasteiger partial charge is 0.161 e. The lowest BCUT2D eigenvalue weighted by Gasteiger charge is -2.29. The summed E-state index contributed by atoms with van der Waals surface area (Å²) in [6.45, 7) is 4.45. The number of rotatable bonds is 2. The number of nitrogens with zero attached hydrogens (tertiary/aromatic N) is 1. The second-order valence-corrected chi connectivity index (χ2v) is 5.87. The summed E-state index contributed by atoms with van der Waals surface area (Å²) >= 11 is 3.53. The Bertz CT molecular complexity index is 345. The third-order valence-corrected chi connectivity index (χ3v) is 4.34. The zero-order valence-electron chi connectivity index (χ0n) is 9.12. The molecule has 1 unspecified atom stereocenters. The third kappa shape index (κ3) is 2.75. The van der Waals surface area contributed by atoms with E-state index in [1.807, 2.05) is 11.8 Å². The normalized spacial score (nSPS) is 26.1. The Morgan fingerprint density at radius 2 is 2.47 bits per heavy atom. The van der Waals surface area contributed by atoms with Crippen molar-refractivity contribution < 1.29 is 0 Å². The molecule has 2 rings (SSSR count). The number of amidine groups is 1. The van der Waals surface area contributed by atoms with Crippen LogP contribution >= 0.6 is 23.1 Å². The standard InChI is InChI=1S/C11H16N2S2/c1-3-11(2)5-7-15-10(13-11)12-9-4-6-14-8-9/h4,6,8H,3,5,7H2,1-2H3,(H,12,13). The van der Waals surface area contributed by atoms with Crippen LogP contribution in [-0.2, 0) is 0 Å². The lowest BCUT2D eigenvalue weighted by Crippen LogP contribution is -2.29. The first-order chi connectivity index (χ1) is 7.22. The molecule has 0 aliphatic carbocycles. The van der Waals surface area contributed by atoms with Gasteiger partial charge in [0.1, 0.15) is 0 Å². The third-order valence-electron chi connectivity index (χ3n) is 2.78. The van der Waals surface area contributed by atoms with Gasteiger partial charge in [0.05, 0.1) is 11.2 Å². The van der Waals surface area contributed by atoms with Crippen molar-refractivity contribution in [2.24, 2.45) is 4.99 Å². The molecule has 0 bridgehead atoms. The van der Waals surface area contributed by atoms with Crippen molar-refractivity contribution in [3.8, 4) is 0 Å². The molecule has 2 heterocycles. The summed E-state index contributed by atoms with van der Waals surface area (Å²) in [5.41, 5.74) is 1.30. The Balaban J connectivity index is 2.09. The second-order valence-electron chi connectivity index (χ2n) is 4.00. The van der Waals surface area contributed by atoms with Crippen molar-refractivity contribution >= 4 is 34.0 Å². The molecule has 82 valence electrons. The molecule has 1 atom stereocenters. The monoisotopic (exact) mass is 240 g/mol. The van der Waals surface area contributed by atoms with E-state index in [9.17, 15) is 0 Å². The zero-order chi connectivity index (χ0) is 10.7. The number of nitrogens with one attached hydrogen (secondary N) is 1. The highest BCUT2D eigenvalue weighted by Gasteiger charge is 2.25. The Morgan fingerprint density at radius 3 is 3.13 bits per heavy atom. The molecule has 4 heteroatoms. The highest BCUT2D eigenvalue weighted by molar-refractivity contribution is 8.14. The fraction of sp³-hybridized carbons (Fsp3) is 0.545. The van der Waals surface area contributed by atoms with Gasteiger partial charge in [0, 0.05) is 11.1 Å². The Kier molecular flexibility index (Phi) is 3.36. The maximum atomic E-state index is 4.78. The van der Waals surface area contributed by atoms with Crippen LogP contribution in [0, 0.1) is 0 Å². The molecule has 0 radical (unpaired) electrons. The van der Waals surface area contributed by atoms with Crippen LogP contribution in [0.25, 0.3) is 0 Å². The molecule has 1 aliphatic heterocycles. The van der Waals surface area contributed by atoms with Crippen molar-refractivity contribution in [3.05, 3.63) is 16.8 Å². The van der Waals surface area contributed by atoms with Gasteiger partial charge < -0.3 is 5.32 Å². The van der Waals surface area contributed by atoms with E-state index < -0.39 is 0 Å². The van der Waals surface area contributed by atoms with E-state index in [1.165, 1.54) is 12.2 Å². The molecule has 2 nitrogen and oxygen atoms in total. The Hall–Kier alpha value is -0.480. The molecular formula is C11H16N2S2. The van der Waals surface area contributed by atoms with Gasteiger partial charge in [-0.05, 0) is 31.2 Å². The quantitative estimate of drug-likeness (QED) is 0.850. The van der Waals surface area contributed by atoms with E-state index >= 15 is 0 Å². The van der Waals surface area contributed by atoms with E-state index in [0.717, 1.165) is 17.3 Å². The number of aliphatic imine (C=N–C) groups is 1. The minimum Gasteiger partial charge on any atom is -0.334 e. The summed E-state index contributed by atoms with van der Waals surface area (Å²) < 4.78 is 0. The van der Waals surface area contributed by atoms with Crippen LogP contribution in [-0.4, -0.2) is 16.5 Å². The van der Waals surface area contributed by atoms with Gasteiger partial charge >= 0.3 is 0 Å². The van der Waals surface area contributed by atoms with Gasteiger partial charge in [-0.2, -0.15) is 11.3 Å². The van der Waals surface area contributed by atoms with Gasteiger partial charge in [-0.25, -0.2) is 0 Å². The molecule has 1 aromatic heterocycles. The van der Waals surface area contributed by atoms with Crippen LogP contribution in [0.1, 0.15) is 26.7 Å². The van der Waals surface area contributed by atoms with Crippen LogP contribution in [0.4, 0.5) is 5.69 Å². The average Bonchev–Trinajstić information content (AvgIpc) is 2.71. The zero-order valence-corrected chi connectivity index (χ0v) is 10.8. The molecule has 0 saturated heterocycles. The summed E-state index contributed by atoms with van der Waals surface area (Å²) in [6, 6.07) is 2.09. The fourth-order valence-corrected chi connectivity index (χ4v) is 3.28. The van der Waals surface area contributed by atoms with Crippen molar-refractivity contribution in [1.82, 2.24) is 0 Å². The van der Waals surface area contributed by atoms with Gasteiger partial charge in [0.2, 0.25) is 0 Å². The lowest BCUT2D eigenvalue weighted by molar-refractivity contribution is 0.443. The molecule has 15 heavy (non-hydrogen) atoms. The second kappa shape index (κ2) is 4.58. The Labute approximate surface area is 99.2 Å². The van der Waals surface area contributed by atoms with E-state index in [-0.39, 0.29) is 5.54 Å². The number of anilines is 1. The predicted octanol–water partition coefficient (Wildman–Crippen LogP) is 3.82. The summed E-state index contributed by atoms with van der Waals surface area (Å²) in [5, 5.41) is 8.64. The van der Waals surface area contributed by atoms with E-state index in [4.69, 9.17) is 4.99 Å². The fourth-order valence-electron chi connectivity index (χ4n) is 1.48. The van der Waals surface area contributed by atoms with Gasteiger partial charge in [0.15, 0.2) is 5.17 Å². The molecule has 1 aromatic rings. The molecule has 0 saturated carbocycles. The van der Waals surface area contributed by atoms with Gasteiger partial charge in [0.25, 0.3) is 0 Å². The summed E-state index contributed by atoms with van der Waals surface area (Å²) in [4.78, 5) is 4.78. The van der Waals surface area contributed by atoms with Crippen molar-refractivity contribution in [3.63, 3.8) is 0 Å². The van der Waals surface area contributed by atoms with Crippen molar-refractivity contribution in [1.29, 1.82) is 0 Å². The van der Waals surface area contributed by atoms with Gasteiger partial charge in [-0.1, -0.05) is 18.7 Å². The van der Waals surface area contributed by atoms with Crippen LogP contribution < -0.4 is 5.32 Å². The first-order valence-corrected chi connectivity index (χ1v) is 7.16. The van der Waals surface area contributed by atoms with Gasteiger partial charge in [-0.15, -0.1) is 0 Å². The van der Waals surface area contributed by atoms with Crippen molar-refractivity contribution in [2.45, 2.75) is 32.2 Å². The number of thioether (sulfide) groups is 1. The minimum atomic E-state index is 0.142. The van der Waals surface area contributed by atoms with E-state index in [1.54, 1.807) is 11.3 Å². The largest absolute Gasteiger partial charge is 0.334 e. The average molecular weight is 240 g/mol. The topological polar surface area (TPSA) is 24.4 Å². The molecule has 0 spiro atoms. The molecule has 0 aromatic carbocycles. The van der Waals surface area contributed by atoms with E-state index in [2.05, 4.69) is 36.0 Å². The van der Waals surface area contributed by atoms with Gasteiger partial charge in [-0.3, -0.25) is 4.99 Å². The maximum absolute atomic E-state index is 4.78. The van der Waals surface area contributed by atoms with Crippen LogP contribution in [0.3, 0.4) is 0 Å². The van der Waals surface area contributed by atoms with Crippen molar-refractivity contribution in [2.75, 3.05) is 11.1 Å². The SMILES string of the molecule is CCC1(C)CCSC(Nc2ccsc2)=N1. The highest BCUT2D eigenvalue weighted by atomic mass is 32.2. The predicted molar refractivity (Wildman–Crippen MR) is 71.1 cm³/mol. The first kappa shape index (κ1) is 11.0. The number of hydrogen-bond donors (Lipinski definition) is 1. The summed E-state index contributed by atoms with van der Waals surface area (Å²) in [6.07, 6.45) is 2.30. The molecule has 1 N–H and O–H groups in total. The minimum absolute atomic E-state index is 0.142. The number of thiophene rings is 1. The van der Waals surface area contributed by atoms with Crippen LogP contribution in [0.5, 0.6) is 0 Å². The molecule has 1 aliphatic rings. The number of hydrogen-bond acceptors (Lipinski definition) is 4. The summed E-state index contributed by atoms with van der Waals surface area (Å²) in [5.74, 6) is 1.17. The highest BCUT2D eigenvalue weighted by Crippen LogP contribution is 2.29. The van der Waals surface area contributed by atoms with Crippen LogP contribution in [0.15, 0.2) is 21.8 Å². The molecule has 0 fully saturated rings. The first-order valence-electron chi connectivity index (χ1n) is 5.24. The lowest BCUT2D eigenvalue weighted by atomic mass is 9.97. The Morgan fingerprint density at radius 1 is 1.60 bits per heavy atom. The maximum Gasteiger partial charge on any atom is 0.161 e. The molecule has 0 amide bonds. The summed E-state index contributed by atoms with van der Waals surface area (Å²) in [7, 11) is 0. The van der Waals surface area contributed by atoms with Crippen LogP contribution in [0.2, 0.25) is 0 Å².